The van der Waals surface area contributed by atoms with Gasteiger partial charge >= 0.3 is 0 Å². The van der Waals surface area contributed by atoms with E-state index in [1.165, 1.54) is 16.5 Å². The summed E-state index contributed by atoms with van der Waals surface area (Å²) in [6.07, 6.45) is 3.76. The summed E-state index contributed by atoms with van der Waals surface area (Å²) in [5.74, 6) is 1.63. The van der Waals surface area contributed by atoms with Gasteiger partial charge in [0, 0.05) is 42.8 Å². The van der Waals surface area contributed by atoms with E-state index < -0.39 is 5.54 Å². The highest BCUT2D eigenvalue weighted by Gasteiger charge is 2.57. The average molecular weight is 384 g/mol. The van der Waals surface area contributed by atoms with Gasteiger partial charge in [0.1, 0.15) is 11.4 Å². The minimum absolute atomic E-state index is 0.212. The summed E-state index contributed by atoms with van der Waals surface area (Å²) in [6, 6.07) is 17.1. The fourth-order valence-corrected chi connectivity index (χ4v) is 4.74. The molecule has 1 N–H and O–H groups in total. The molecule has 2 fully saturated rings. The van der Waals surface area contributed by atoms with Crippen LogP contribution in [0.3, 0.4) is 0 Å². The van der Waals surface area contributed by atoms with E-state index in [1.54, 1.807) is 0 Å². The molecule has 2 aromatic carbocycles. The number of amides is 1. The van der Waals surface area contributed by atoms with E-state index >= 15 is 0 Å². The van der Waals surface area contributed by atoms with Crippen LogP contribution >= 0.6 is 0 Å². The van der Waals surface area contributed by atoms with Crippen molar-refractivity contribution in [2.45, 2.75) is 18.4 Å². The van der Waals surface area contributed by atoms with E-state index in [0.29, 0.717) is 5.92 Å². The number of aromatic nitrogens is 1. The van der Waals surface area contributed by atoms with Crippen LogP contribution in [0.4, 0.5) is 0 Å². The maximum atomic E-state index is 13.0. The third-order valence-electron chi connectivity index (χ3n) is 6.55. The van der Waals surface area contributed by atoms with Gasteiger partial charge in [-0.3, -0.25) is 14.7 Å². The first-order chi connectivity index (χ1) is 14.1. The Morgan fingerprint density at radius 1 is 1.03 bits per heavy atom. The van der Waals surface area contributed by atoms with Crippen LogP contribution in [-0.4, -0.2) is 58.7 Å². The molecule has 3 aliphatic rings. The number of amidine groups is 1. The number of carbonyl (C=O) groups excluding carboxylic acids is 1. The SMILES string of the molecule is CN1CC(CN2C(=O)C3(CC3)N=C2c2ccc(-c3ccc4[nH]ccc4c3)cc2)C1. The van der Waals surface area contributed by atoms with Crippen molar-refractivity contribution in [3.8, 4) is 11.1 Å². The van der Waals surface area contributed by atoms with E-state index in [-0.39, 0.29) is 5.91 Å². The number of carbonyl (C=O) groups is 1. The van der Waals surface area contributed by atoms with Gasteiger partial charge < -0.3 is 9.88 Å². The predicted octanol–water partition coefficient (Wildman–Crippen LogP) is 3.52. The lowest BCUT2D eigenvalue weighted by molar-refractivity contribution is -0.129. The minimum Gasteiger partial charge on any atom is -0.361 e. The lowest BCUT2D eigenvalue weighted by Gasteiger charge is -2.38. The maximum Gasteiger partial charge on any atom is 0.256 e. The molecule has 1 saturated heterocycles. The molecule has 1 saturated carbocycles. The highest BCUT2D eigenvalue weighted by molar-refractivity contribution is 6.16. The fraction of sp³-hybridized carbons (Fsp3) is 0.333. The zero-order valence-electron chi connectivity index (χ0n) is 16.6. The van der Waals surface area contributed by atoms with Gasteiger partial charge in [0.15, 0.2) is 0 Å². The molecule has 0 unspecified atom stereocenters. The first kappa shape index (κ1) is 17.0. The largest absolute Gasteiger partial charge is 0.361 e. The van der Waals surface area contributed by atoms with Gasteiger partial charge in [0.2, 0.25) is 0 Å². The van der Waals surface area contributed by atoms with Crippen LogP contribution < -0.4 is 0 Å². The Morgan fingerprint density at radius 2 is 1.76 bits per heavy atom. The van der Waals surface area contributed by atoms with Crippen LogP contribution in [0.25, 0.3) is 22.0 Å². The predicted molar refractivity (Wildman–Crippen MR) is 115 cm³/mol. The van der Waals surface area contributed by atoms with Crippen molar-refractivity contribution in [2.75, 3.05) is 26.7 Å². The van der Waals surface area contributed by atoms with Gasteiger partial charge in [-0.15, -0.1) is 0 Å². The third-order valence-corrected chi connectivity index (χ3v) is 6.55. The minimum atomic E-state index is -0.441. The Labute approximate surface area is 170 Å². The van der Waals surface area contributed by atoms with E-state index in [9.17, 15) is 4.79 Å². The van der Waals surface area contributed by atoms with Gasteiger partial charge in [0.05, 0.1) is 0 Å². The number of hydrogen-bond acceptors (Lipinski definition) is 3. The number of likely N-dealkylation sites (tertiary alicyclic amines) is 1. The van der Waals surface area contributed by atoms with Gasteiger partial charge in [-0.05, 0) is 54.6 Å². The third kappa shape index (κ3) is 2.72. The molecule has 2 aliphatic heterocycles. The highest BCUT2D eigenvalue weighted by atomic mass is 16.2. The molecule has 1 spiro atoms. The second-order valence-electron chi connectivity index (χ2n) is 8.83. The van der Waals surface area contributed by atoms with Crippen molar-refractivity contribution < 1.29 is 4.79 Å². The van der Waals surface area contributed by atoms with Crippen molar-refractivity contribution >= 4 is 22.6 Å². The zero-order chi connectivity index (χ0) is 19.6. The lowest BCUT2D eigenvalue weighted by Crippen LogP contribution is -2.51. The molecule has 146 valence electrons. The number of hydrogen-bond donors (Lipinski definition) is 1. The summed E-state index contributed by atoms with van der Waals surface area (Å²) >= 11 is 0. The summed E-state index contributed by atoms with van der Waals surface area (Å²) < 4.78 is 0. The van der Waals surface area contributed by atoms with Crippen LogP contribution in [0.2, 0.25) is 0 Å². The molecular formula is C24H24N4O. The van der Waals surface area contributed by atoms with Crippen LogP contribution in [-0.2, 0) is 4.79 Å². The molecule has 0 bridgehead atoms. The number of benzene rings is 2. The number of fused-ring (bicyclic) bond motifs is 1. The van der Waals surface area contributed by atoms with Crippen LogP contribution in [0.15, 0.2) is 59.7 Å². The molecule has 29 heavy (non-hydrogen) atoms. The average Bonchev–Trinajstić information content (AvgIpc) is 3.26. The van der Waals surface area contributed by atoms with E-state index in [0.717, 1.165) is 49.4 Å². The number of aromatic amines is 1. The fourth-order valence-electron chi connectivity index (χ4n) is 4.74. The molecule has 3 heterocycles. The Hall–Kier alpha value is -2.92. The highest BCUT2D eigenvalue weighted by Crippen LogP contribution is 2.46. The molecule has 0 atom stereocenters. The van der Waals surface area contributed by atoms with Crippen molar-refractivity contribution in [3.05, 3.63) is 60.3 Å². The quantitative estimate of drug-likeness (QED) is 0.748. The molecular weight excluding hydrogens is 360 g/mol. The number of nitrogens with zero attached hydrogens (tertiary/aromatic N) is 3. The molecule has 5 heteroatoms. The lowest BCUT2D eigenvalue weighted by atomic mass is 9.99. The molecule has 1 aliphatic carbocycles. The van der Waals surface area contributed by atoms with Crippen molar-refractivity contribution in [2.24, 2.45) is 10.9 Å². The molecule has 1 aromatic heterocycles. The number of aliphatic imine (C=N–C) groups is 1. The monoisotopic (exact) mass is 384 g/mol. The van der Waals surface area contributed by atoms with E-state index in [4.69, 9.17) is 4.99 Å². The number of rotatable bonds is 4. The smallest absolute Gasteiger partial charge is 0.256 e. The molecule has 0 radical (unpaired) electrons. The summed E-state index contributed by atoms with van der Waals surface area (Å²) in [6.45, 7) is 2.91. The summed E-state index contributed by atoms with van der Waals surface area (Å²) in [5, 5.41) is 1.21. The number of H-pyrrole nitrogens is 1. The molecule has 6 rings (SSSR count). The standard InChI is InChI=1S/C24H24N4O/c1-27-13-16(14-27)15-28-22(26-24(9-10-24)23(28)29)18-4-2-17(3-5-18)19-6-7-21-20(12-19)8-11-25-21/h2-8,11-12,16,25H,9-10,13-15H2,1H3. The summed E-state index contributed by atoms with van der Waals surface area (Å²) in [7, 11) is 2.13. The Kier molecular flexibility index (Phi) is 3.54. The van der Waals surface area contributed by atoms with E-state index in [1.807, 2.05) is 11.1 Å². The van der Waals surface area contributed by atoms with Crippen LogP contribution in [0.5, 0.6) is 0 Å². The topological polar surface area (TPSA) is 51.7 Å². The molecule has 5 nitrogen and oxygen atoms in total. The second-order valence-corrected chi connectivity index (χ2v) is 8.83. The Balaban J connectivity index is 1.30. The zero-order valence-corrected chi connectivity index (χ0v) is 16.6. The van der Waals surface area contributed by atoms with Crippen molar-refractivity contribution in [1.82, 2.24) is 14.8 Å². The van der Waals surface area contributed by atoms with Gasteiger partial charge in [-0.1, -0.05) is 30.3 Å². The normalized spacial score (nSPS) is 21.1. The summed E-state index contributed by atoms with van der Waals surface area (Å²) in [4.78, 5) is 25.4. The second kappa shape index (κ2) is 6.04. The summed E-state index contributed by atoms with van der Waals surface area (Å²) in [5.41, 5.74) is 4.12. The van der Waals surface area contributed by atoms with E-state index in [2.05, 4.69) is 65.5 Å². The van der Waals surface area contributed by atoms with Gasteiger partial charge in [-0.2, -0.15) is 0 Å². The van der Waals surface area contributed by atoms with Crippen LogP contribution in [0, 0.1) is 5.92 Å². The molecule has 1 amide bonds. The van der Waals surface area contributed by atoms with Crippen molar-refractivity contribution in [1.29, 1.82) is 0 Å². The van der Waals surface area contributed by atoms with Crippen molar-refractivity contribution in [3.63, 3.8) is 0 Å². The maximum absolute atomic E-state index is 13.0. The Bertz CT molecular complexity index is 1130. The molecule has 3 aromatic rings. The van der Waals surface area contributed by atoms with Gasteiger partial charge in [-0.25, -0.2) is 0 Å². The van der Waals surface area contributed by atoms with Gasteiger partial charge in [0.25, 0.3) is 5.91 Å². The first-order valence-electron chi connectivity index (χ1n) is 10.4. The Morgan fingerprint density at radius 3 is 2.48 bits per heavy atom. The first-order valence-corrected chi connectivity index (χ1v) is 10.4. The number of nitrogens with one attached hydrogen (secondary N) is 1. The van der Waals surface area contributed by atoms with Crippen LogP contribution in [0.1, 0.15) is 18.4 Å².